The Morgan fingerprint density at radius 3 is 2.43 bits per heavy atom. The van der Waals surface area contributed by atoms with Crippen molar-refractivity contribution in [2.24, 2.45) is 0 Å². The van der Waals surface area contributed by atoms with Crippen LogP contribution in [0.15, 0.2) is 60.9 Å². The van der Waals surface area contributed by atoms with Crippen LogP contribution in [-0.4, -0.2) is 28.2 Å². The minimum atomic E-state index is -0.451. The van der Waals surface area contributed by atoms with Crippen molar-refractivity contribution in [2.75, 3.05) is 6.61 Å². The molecule has 0 unspecified atom stereocenters. The maximum Gasteiger partial charge on any atom is 0.276 e. The SMILES string of the molecule is Cc1cccc(C)c1OCC(=O)NNC(=O)c1cnn(Cc2ccccc2)c1. The molecule has 144 valence electrons. The number of ether oxygens (including phenoxy) is 1. The van der Waals surface area contributed by atoms with Gasteiger partial charge in [0.2, 0.25) is 0 Å². The van der Waals surface area contributed by atoms with E-state index >= 15 is 0 Å². The van der Waals surface area contributed by atoms with E-state index in [2.05, 4.69) is 16.0 Å². The molecule has 2 aromatic carbocycles. The lowest BCUT2D eigenvalue weighted by atomic mass is 10.1. The van der Waals surface area contributed by atoms with Crippen molar-refractivity contribution >= 4 is 11.8 Å². The maximum absolute atomic E-state index is 12.2. The quantitative estimate of drug-likeness (QED) is 0.645. The average Bonchev–Trinajstić information content (AvgIpc) is 3.15. The van der Waals surface area contributed by atoms with E-state index in [0.717, 1.165) is 16.7 Å². The van der Waals surface area contributed by atoms with Crippen molar-refractivity contribution in [1.82, 2.24) is 20.6 Å². The second-order valence-electron chi connectivity index (χ2n) is 6.42. The average molecular weight is 378 g/mol. The third kappa shape index (κ3) is 4.97. The van der Waals surface area contributed by atoms with Gasteiger partial charge in [-0.1, -0.05) is 48.5 Å². The molecule has 0 aliphatic heterocycles. The molecule has 28 heavy (non-hydrogen) atoms. The molecule has 0 saturated carbocycles. The molecule has 2 amide bonds. The Kier molecular flexibility index (Phi) is 6.06. The summed E-state index contributed by atoms with van der Waals surface area (Å²) in [7, 11) is 0. The summed E-state index contributed by atoms with van der Waals surface area (Å²) in [4.78, 5) is 24.1. The molecule has 0 aliphatic carbocycles. The lowest BCUT2D eigenvalue weighted by Crippen LogP contribution is -2.43. The fraction of sp³-hybridized carbons (Fsp3) is 0.190. The number of benzene rings is 2. The first-order valence-electron chi connectivity index (χ1n) is 8.87. The molecule has 7 heteroatoms. The molecule has 0 atom stereocenters. The lowest BCUT2D eigenvalue weighted by molar-refractivity contribution is -0.123. The molecule has 1 aromatic heterocycles. The number of amides is 2. The van der Waals surface area contributed by atoms with E-state index in [-0.39, 0.29) is 6.61 Å². The fourth-order valence-electron chi connectivity index (χ4n) is 2.74. The van der Waals surface area contributed by atoms with Crippen molar-refractivity contribution in [1.29, 1.82) is 0 Å². The molecule has 3 aromatic rings. The predicted octanol–water partition coefficient (Wildman–Crippen LogP) is 2.39. The van der Waals surface area contributed by atoms with Crippen LogP contribution in [0, 0.1) is 13.8 Å². The Bertz CT molecular complexity index is 947. The zero-order valence-corrected chi connectivity index (χ0v) is 15.8. The molecule has 0 aliphatic rings. The number of nitrogens with one attached hydrogen (secondary N) is 2. The zero-order valence-electron chi connectivity index (χ0n) is 15.8. The Morgan fingerprint density at radius 1 is 1.00 bits per heavy atom. The number of aromatic nitrogens is 2. The molecule has 0 bridgehead atoms. The van der Waals surface area contributed by atoms with Gasteiger partial charge in [0, 0.05) is 6.20 Å². The summed E-state index contributed by atoms with van der Waals surface area (Å²) in [5.74, 6) is -0.224. The van der Waals surface area contributed by atoms with Crippen molar-refractivity contribution in [3.05, 3.63) is 83.2 Å². The van der Waals surface area contributed by atoms with Gasteiger partial charge in [-0.25, -0.2) is 0 Å². The van der Waals surface area contributed by atoms with Crippen molar-refractivity contribution in [3.8, 4) is 5.75 Å². The summed E-state index contributed by atoms with van der Waals surface area (Å²) in [6.45, 7) is 4.19. The van der Waals surface area contributed by atoms with Crippen LogP contribution in [-0.2, 0) is 11.3 Å². The number of hydrogen-bond donors (Lipinski definition) is 2. The van der Waals surface area contributed by atoms with Gasteiger partial charge in [-0.05, 0) is 30.5 Å². The third-order valence-corrected chi connectivity index (χ3v) is 4.15. The normalized spacial score (nSPS) is 10.4. The van der Waals surface area contributed by atoms with Gasteiger partial charge in [0.05, 0.1) is 18.3 Å². The highest BCUT2D eigenvalue weighted by atomic mass is 16.5. The van der Waals surface area contributed by atoms with Gasteiger partial charge in [0.25, 0.3) is 11.8 Å². The first-order chi connectivity index (χ1) is 13.5. The van der Waals surface area contributed by atoms with Crippen LogP contribution in [0.1, 0.15) is 27.0 Å². The van der Waals surface area contributed by atoms with Crippen LogP contribution >= 0.6 is 0 Å². The van der Waals surface area contributed by atoms with Crippen LogP contribution in [0.25, 0.3) is 0 Å². The monoisotopic (exact) mass is 378 g/mol. The highest BCUT2D eigenvalue weighted by Gasteiger charge is 2.11. The van der Waals surface area contributed by atoms with Gasteiger partial charge < -0.3 is 4.74 Å². The number of carbonyl (C=O) groups is 2. The largest absolute Gasteiger partial charge is 0.483 e. The second kappa shape index (κ2) is 8.85. The van der Waals surface area contributed by atoms with Crippen LogP contribution in [0.2, 0.25) is 0 Å². The highest BCUT2D eigenvalue weighted by molar-refractivity contribution is 5.95. The Morgan fingerprint density at radius 2 is 1.71 bits per heavy atom. The van der Waals surface area contributed by atoms with Crippen molar-refractivity contribution < 1.29 is 14.3 Å². The first-order valence-corrected chi connectivity index (χ1v) is 8.87. The van der Waals surface area contributed by atoms with Gasteiger partial charge in [-0.3, -0.25) is 25.1 Å². The molecule has 2 N–H and O–H groups in total. The third-order valence-electron chi connectivity index (χ3n) is 4.15. The molecular formula is C21H22N4O3. The van der Waals surface area contributed by atoms with E-state index in [1.165, 1.54) is 6.20 Å². The minimum Gasteiger partial charge on any atom is -0.483 e. The standard InChI is InChI=1S/C21H22N4O3/c1-15-7-6-8-16(2)20(15)28-14-19(26)23-24-21(27)18-11-22-25(13-18)12-17-9-4-3-5-10-17/h3-11,13H,12,14H2,1-2H3,(H,23,26)(H,24,27). The molecule has 0 fully saturated rings. The fourth-order valence-corrected chi connectivity index (χ4v) is 2.74. The molecular weight excluding hydrogens is 356 g/mol. The first kappa shape index (κ1) is 19.2. The van der Waals surface area contributed by atoms with E-state index in [9.17, 15) is 9.59 Å². The number of hydrazine groups is 1. The van der Waals surface area contributed by atoms with Crippen LogP contribution in [0.3, 0.4) is 0 Å². The molecule has 7 nitrogen and oxygen atoms in total. The molecule has 1 heterocycles. The smallest absolute Gasteiger partial charge is 0.276 e. The topological polar surface area (TPSA) is 85.2 Å². The van der Waals surface area contributed by atoms with Gasteiger partial charge in [0.15, 0.2) is 6.61 Å². The summed E-state index contributed by atoms with van der Waals surface area (Å²) in [5, 5.41) is 4.17. The van der Waals surface area contributed by atoms with E-state index in [0.29, 0.717) is 17.9 Å². The van der Waals surface area contributed by atoms with E-state index in [4.69, 9.17) is 4.74 Å². The summed E-state index contributed by atoms with van der Waals surface area (Å²) in [6.07, 6.45) is 3.08. The minimum absolute atomic E-state index is 0.195. The number of aryl methyl sites for hydroxylation is 2. The predicted molar refractivity (Wildman–Crippen MR) is 105 cm³/mol. The number of para-hydroxylation sites is 1. The zero-order chi connectivity index (χ0) is 19.9. The summed E-state index contributed by atoms with van der Waals surface area (Å²) >= 11 is 0. The lowest BCUT2D eigenvalue weighted by Gasteiger charge is -2.12. The van der Waals surface area contributed by atoms with Crippen molar-refractivity contribution in [3.63, 3.8) is 0 Å². The van der Waals surface area contributed by atoms with Gasteiger partial charge in [0.1, 0.15) is 5.75 Å². The van der Waals surface area contributed by atoms with E-state index in [1.54, 1.807) is 10.9 Å². The number of rotatable bonds is 6. The van der Waals surface area contributed by atoms with E-state index in [1.807, 2.05) is 62.4 Å². The molecule has 3 rings (SSSR count). The summed E-state index contributed by atoms with van der Waals surface area (Å²) < 4.78 is 7.22. The van der Waals surface area contributed by atoms with Crippen LogP contribution in [0.4, 0.5) is 0 Å². The van der Waals surface area contributed by atoms with E-state index < -0.39 is 11.8 Å². The Labute approximate surface area is 163 Å². The number of nitrogens with zero attached hydrogens (tertiary/aromatic N) is 2. The maximum atomic E-state index is 12.2. The Balaban J connectivity index is 1.48. The summed E-state index contributed by atoms with van der Waals surface area (Å²) in [6, 6.07) is 15.6. The summed E-state index contributed by atoms with van der Waals surface area (Å²) in [5.41, 5.74) is 8.04. The van der Waals surface area contributed by atoms with Gasteiger partial charge >= 0.3 is 0 Å². The molecule has 0 saturated heterocycles. The van der Waals surface area contributed by atoms with Gasteiger partial charge in [-0.2, -0.15) is 5.10 Å². The Hall–Kier alpha value is -3.61. The van der Waals surface area contributed by atoms with Crippen LogP contribution < -0.4 is 15.6 Å². The van der Waals surface area contributed by atoms with Gasteiger partial charge in [-0.15, -0.1) is 0 Å². The number of hydrogen-bond acceptors (Lipinski definition) is 4. The number of carbonyl (C=O) groups excluding carboxylic acids is 2. The molecule has 0 radical (unpaired) electrons. The highest BCUT2D eigenvalue weighted by Crippen LogP contribution is 2.21. The molecule has 0 spiro atoms. The van der Waals surface area contributed by atoms with Crippen LogP contribution in [0.5, 0.6) is 5.75 Å². The second-order valence-corrected chi connectivity index (χ2v) is 6.42. The van der Waals surface area contributed by atoms with Crippen molar-refractivity contribution in [2.45, 2.75) is 20.4 Å².